The second-order valence-electron chi connectivity index (χ2n) is 4.60. The van der Waals surface area contributed by atoms with Crippen LogP contribution in [0.25, 0.3) is 0 Å². The third-order valence-electron chi connectivity index (χ3n) is 3.08. The van der Waals surface area contributed by atoms with Crippen molar-refractivity contribution < 1.29 is 27.4 Å². The van der Waals surface area contributed by atoms with Gasteiger partial charge < -0.3 is 14.8 Å². The third kappa shape index (κ3) is 2.83. The van der Waals surface area contributed by atoms with Gasteiger partial charge >= 0.3 is 6.18 Å². The van der Waals surface area contributed by atoms with Crippen molar-refractivity contribution in [1.29, 1.82) is 0 Å². The molecule has 1 aliphatic heterocycles. The van der Waals surface area contributed by atoms with Gasteiger partial charge in [-0.2, -0.15) is 13.2 Å². The summed E-state index contributed by atoms with van der Waals surface area (Å²) in [6.45, 7) is 0.0976. The van der Waals surface area contributed by atoms with Gasteiger partial charge in [-0.25, -0.2) is 0 Å². The Labute approximate surface area is 123 Å². The van der Waals surface area contributed by atoms with E-state index in [-0.39, 0.29) is 12.4 Å². The summed E-state index contributed by atoms with van der Waals surface area (Å²) in [5, 5.41) is 2.52. The van der Waals surface area contributed by atoms with Crippen LogP contribution in [0.15, 0.2) is 42.5 Å². The van der Waals surface area contributed by atoms with Crippen LogP contribution in [0.3, 0.4) is 0 Å². The monoisotopic (exact) mass is 309 g/mol. The Morgan fingerprint density at radius 3 is 2.59 bits per heavy atom. The van der Waals surface area contributed by atoms with Gasteiger partial charge in [-0.05, 0) is 30.3 Å². The predicted octanol–water partition coefficient (Wildman–Crippen LogP) is 3.69. The fourth-order valence-electron chi connectivity index (χ4n) is 2.01. The molecule has 0 saturated heterocycles. The number of anilines is 1. The first-order chi connectivity index (χ1) is 10.4. The van der Waals surface area contributed by atoms with E-state index in [1.165, 1.54) is 12.1 Å². The van der Waals surface area contributed by atoms with Gasteiger partial charge in [0.1, 0.15) is 0 Å². The molecule has 0 unspecified atom stereocenters. The number of hydrogen-bond acceptors (Lipinski definition) is 3. The first kappa shape index (κ1) is 14.2. The van der Waals surface area contributed by atoms with Crippen LogP contribution in [0.1, 0.15) is 15.9 Å². The molecular formula is C15H10F3NO3. The largest absolute Gasteiger partial charge is 0.454 e. The number of rotatable bonds is 2. The lowest BCUT2D eigenvalue weighted by Crippen LogP contribution is -2.13. The van der Waals surface area contributed by atoms with Crippen LogP contribution in [0, 0.1) is 0 Å². The maximum absolute atomic E-state index is 12.6. The zero-order chi connectivity index (χ0) is 15.7. The highest BCUT2D eigenvalue weighted by molar-refractivity contribution is 6.04. The summed E-state index contributed by atoms with van der Waals surface area (Å²) in [6, 6.07) is 8.98. The van der Waals surface area contributed by atoms with Crippen LogP contribution < -0.4 is 14.8 Å². The SMILES string of the molecule is O=C(Nc1ccc2c(c1)OCO2)c1cccc(C(F)(F)F)c1. The van der Waals surface area contributed by atoms with E-state index in [4.69, 9.17) is 9.47 Å². The first-order valence-electron chi connectivity index (χ1n) is 6.32. The van der Waals surface area contributed by atoms with E-state index in [2.05, 4.69) is 5.32 Å². The molecule has 0 spiro atoms. The van der Waals surface area contributed by atoms with Crippen LogP contribution in [0.4, 0.5) is 18.9 Å². The van der Waals surface area contributed by atoms with E-state index in [0.717, 1.165) is 12.1 Å². The molecule has 1 amide bonds. The molecule has 0 radical (unpaired) electrons. The second-order valence-corrected chi connectivity index (χ2v) is 4.60. The summed E-state index contributed by atoms with van der Waals surface area (Å²) >= 11 is 0. The van der Waals surface area contributed by atoms with Crippen molar-refractivity contribution in [2.75, 3.05) is 12.1 Å². The first-order valence-corrected chi connectivity index (χ1v) is 6.32. The molecule has 0 saturated carbocycles. The number of nitrogens with one attached hydrogen (secondary N) is 1. The van der Waals surface area contributed by atoms with Gasteiger partial charge in [0.15, 0.2) is 11.5 Å². The molecule has 0 aliphatic carbocycles. The molecular weight excluding hydrogens is 299 g/mol. The number of carbonyl (C=O) groups is 1. The number of alkyl halides is 3. The molecule has 1 N–H and O–H groups in total. The van der Waals surface area contributed by atoms with Gasteiger partial charge in [0.2, 0.25) is 6.79 Å². The Morgan fingerprint density at radius 1 is 1.05 bits per heavy atom. The fraction of sp³-hybridized carbons (Fsp3) is 0.133. The lowest BCUT2D eigenvalue weighted by Gasteiger charge is -2.09. The quantitative estimate of drug-likeness (QED) is 0.920. The van der Waals surface area contributed by atoms with Crippen molar-refractivity contribution in [3.63, 3.8) is 0 Å². The van der Waals surface area contributed by atoms with Gasteiger partial charge in [0, 0.05) is 17.3 Å². The minimum Gasteiger partial charge on any atom is -0.454 e. The minimum absolute atomic E-state index is 0.0764. The van der Waals surface area contributed by atoms with Crippen LogP contribution in [-0.4, -0.2) is 12.7 Å². The van der Waals surface area contributed by atoms with Crippen LogP contribution in [0.5, 0.6) is 11.5 Å². The molecule has 4 nitrogen and oxygen atoms in total. The molecule has 114 valence electrons. The maximum atomic E-state index is 12.6. The van der Waals surface area contributed by atoms with Crippen LogP contribution >= 0.6 is 0 Å². The Balaban J connectivity index is 1.80. The number of ether oxygens (including phenoxy) is 2. The van der Waals surface area contributed by atoms with Gasteiger partial charge in [0.25, 0.3) is 5.91 Å². The Morgan fingerprint density at radius 2 is 1.82 bits per heavy atom. The number of hydrogen-bond donors (Lipinski definition) is 1. The van der Waals surface area contributed by atoms with Crippen molar-refractivity contribution in [1.82, 2.24) is 0 Å². The molecule has 1 aliphatic rings. The average molecular weight is 309 g/mol. The van der Waals surface area contributed by atoms with E-state index < -0.39 is 17.6 Å². The second kappa shape index (κ2) is 5.25. The maximum Gasteiger partial charge on any atom is 0.416 e. The highest BCUT2D eigenvalue weighted by atomic mass is 19.4. The molecule has 0 aromatic heterocycles. The van der Waals surface area contributed by atoms with Crippen molar-refractivity contribution in [2.24, 2.45) is 0 Å². The van der Waals surface area contributed by atoms with Gasteiger partial charge in [-0.15, -0.1) is 0 Å². The summed E-state index contributed by atoms with van der Waals surface area (Å²) in [5.74, 6) is 0.392. The fourth-order valence-corrected chi connectivity index (χ4v) is 2.01. The zero-order valence-electron chi connectivity index (χ0n) is 11.1. The summed E-state index contributed by atoms with van der Waals surface area (Å²) in [6.07, 6.45) is -4.49. The summed E-state index contributed by atoms with van der Waals surface area (Å²) in [7, 11) is 0. The molecule has 2 aromatic rings. The number of carbonyl (C=O) groups excluding carboxylic acids is 1. The standard InChI is InChI=1S/C15H10F3NO3/c16-15(17,18)10-3-1-2-9(6-10)14(20)19-11-4-5-12-13(7-11)22-8-21-12/h1-7H,8H2,(H,19,20). The number of fused-ring (bicyclic) bond motifs is 1. The Kier molecular flexibility index (Phi) is 3.40. The van der Waals surface area contributed by atoms with Gasteiger partial charge in [0.05, 0.1) is 5.56 Å². The Bertz CT molecular complexity index is 728. The average Bonchev–Trinajstić information content (AvgIpc) is 2.94. The van der Waals surface area contributed by atoms with Crippen LogP contribution in [0.2, 0.25) is 0 Å². The number of benzene rings is 2. The van der Waals surface area contributed by atoms with Gasteiger partial charge in [-0.3, -0.25) is 4.79 Å². The highest BCUT2D eigenvalue weighted by Gasteiger charge is 2.30. The molecule has 0 bridgehead atoms. The van der Waals surface area contributed by atoms with E-state index >= 15 is 0 Å². The summed E-state index contributed by atoms with van der Waals surface area (Å²) < 4.78 is 48.2. The number of amides is 1. The third-order valence-corrected chi connectivity index (χ3v) is 3.08. The molecule has 7 heteroatoms. The van der Waals surface area contributed by atoms with Crippen molar-refractivity contribution >= 4 is 11.6 Å². The molecule has 1 heterocycles. The lowest BCUT2D eigenvalue weighted by molar-refractivity contribution is -0.137. The highest BCUT2D eigenvalue weighted by Crippen LogP contribution is 2.34. The molecule has 22 heavy (non-hydrogen) atoms. The van der Waals surface area contributed by atoms with E-state index in [1.807, 2.05) is 0 Å². The lowest BCUT2D eigenvalue weighted by atomic mass is 10.1. The number of halogens is 3. The van der Waals surface area contributed by atoms with Crippen molar-refractivity contribution in [3.05, 3.63) is 53.6 Å². The normalized spacial score (nSPS) is 13.0. The van der Waals surface area contributed by atoms with Crippen molar-refractivity contribution in [3.8, 4) is 11.5 Å². The van der Waals surface area contributed by atoms with Gasteiger partial charge in [-0.1, -0.05) is 6.07 Å². The van der Waals surface area contributed by atoms with Crippen molar-refractivity contribution in [2.45, 2.75) is 6.18 Å². The summed E-state index contributed by atoms with van der Waals surface area (Å²) in [5.41, 5.74) is -0.537. The summed E-state index contributed by atoms with van der Waals surface area (Å²) in [4.78, 5) is 12.0. The van der Waals surface area contributed by atoms with E-state index in [0.29, 0.717) is 17.2 Å². The smallest absolute Gasteiger partial charge is 0.416 e. The predicted molar refractivity (Wildman–Crippen MR) is 72.0 cm³/mol. The zero-order valence-corrected chi connectivity index (χ0v) is 11.1. The van der Waals surface area contributed by atoms with E-state index in [9.17, 15) is 18.0 Å². The Hall–Kier alpha value is -2.70. The topological polar surface area (TPSA) is 47.6 Å². The minimum atomic E-state index is -4.49. The molecule has 0 atom stereocenters. The van der Waals surface area contributed by atoms with Crippen LogP contribution in [-0.2, 0) is 6.18 Å². The molecule has 3 rings (SSSR count). The molecule has 2 aromatic carbocycles. The van der Waals surface area contributed by atoms with E-state index in [1.54, 1.807) is 18.2 Å². The molecule has 0 fully saturated rings.